The first-order valence-electron chi connectivity index (χ1n) is 8.16. The van der Waals surface area contributed by atoms with Crippen molar-refractivity contribution in [3.05, 3.63) is 0 Å². The summed E-state index contributed by atoms with van der Waals surface area (Å²) >= 11 is 0. The first kappa shape index (κ1) is 18.0. The summed E-state index contributed by atoms with van der Waals surface area (Å²) in [4.78, 5) is 24.0. The second-order valence-electron chi connectivity index (χ2n) is 6.59. The highest BCUT2D eigenvalue weighted by Gasteiger charge is 2.24. The molecule has 1 saturated carbocycles. The number of aliphatic hydroxyl groups is 1. The summed E-state index contributed by atoms with van der Waals surface area (Å²) in [6.07, 6.45) is 5.37. The molecule has 0 spiro atoms. The maximum absolute atomic E-state index is 12.1. The minimum atomic E-state index is -0.550. The van der Waals surface area contributed by atoms with E-state index in [2.05, 4.69) is 10.6 Å². The molecule has 1 aliphatic carbocycles. The zero-order valence-corrected chi connectivity index (χ0v) is 13.5. The molecule has 0 heterocycles. The number of amides is 2. The van der Waals surface area contributed by atoms with Crippen LogP contribution in [0.5, 0.6) is 0 Å². The molecular weight excluding hydrogens is 268 g/mol. The average molecular weight is 298 g/mol. The molecule has 1 aliphatic rings. The third-order valence-corrected chi connectivity index (χ3v) is 3.98. The Morgan fingerprint density at radius 2 is 1.76 bits per heavy atom. The Bertz CT molecular complexity index is 338. The summed E-state index contributed by atoms with van der Waals surface area (Å²) in [5, 5.41) is 15.2. The lowest BCUT2D eigenvalue weighted by atomic mass is 9.88. The smallest absolute Gasteiger partial charge is 0.242 e. The number of hydrogen-bond donors (Lipinski definition) is 3. The van der Waals surface area contributed by atoms with Crippen LogP contribution in [0.25, 0.3) is 0 Å². The van der Waals surface area contributed by atoms with Gasteiger partial charge in [0.25, 0.3) is 0 Å². The van der Waals surface area contributed by atoms with E-state index < -0.39 is 12.1 Å². The van der Waals surface area contributed by atoms with Crippen molar-refractivity contribution in [1.82, 2.24) is 10.6 Å². The second kappa shape index (κ2) is 9.03. The van der Waals surface area contributed by atoms with Crippen LogP contribution in [-0.2, 0) is 9.59 Å². The van der Waals surface area contributed by atoms with Crippen molar-refractivity contribution in [2.45, 2.75) is 71.4 Å². The Hall–Kier alpha value is -1.10. The van der Waals surface area contributed by atoms with Gasteiger partial charge >= 0.3 is 0 Å². The molecule has 2 unspecified atom stereocenters. The molecule has 5 nitrogen and oxygen atoms in total. The van der Waals surface area contributed by atoms with Crippen LogP contribution in [0.3, 0.4) is 0 Å². The van der Waals surface area contributed by atoms with Crippen molar-refractivity contribution in [3.63, 3.8) is 0 Å². The lowest BCUT2D eigenvalue weighted by Crippen LogP contribution is -2.48. The zero-order valence-electron chi connectivity index (χ0n) is 13.5. The average Bonchev–Trinajstić information content (AvgIpc) is 2.44. The number of carbonyl (C=O) groups excluding carboxylic acids is 2. The van der Waals surface area contributed by atoms with E-state index in [-0.39, 0.29) is 24.3 Å². The van der Waals surface area contributed by atoms with Crippen LogP contribution in [0.4, 0.5) is 0 Å². The molecule has 2 amide bonds. The predicted octanol–water partition coefficient (Wildman–Crippen LogP) is 1.59. The molecule has 0 aromatic carbocycles. The van der Waals surface area contributed by atoms with Gasteiger partial charge in [0.2, 0.25) is 11.8 Å². The number of nitrogens with one attached hydrogen (secondary N) is 2. The first-order valence-corrected chi connectivity index (χ1v) is 8.16. The molecule has 122 valence electrons. The van der Waals surface area contributed by atoms with Crippen LogP contribution in [0.2, 0.25) is 0 Å². The Morgan fingerprint density at radius 1 is 1.14 bits per heavy atom. The molecule has 3 N–H and O–H groups in total. The van der Waals surface area contributed by atoms with Gasteiger partial charge in [0.15, 0.2) is 0 Å². The number of carbonyl (C=O) groups is 2. The molecule has 21 heavy (non-hydrogen) atoms. The summed E-state index contributed by atoms with van der Waals surface area (Å²) in [7, 11) is 0. The van der Waals surface area contributed by atoms with Crippen LogP contribution in [0.15, 0.2) is 0 Å². The summed E-state index contributed by atoms with van der Waals surface area (Å²) in [5.41, 5.74) is 0. The molecule has 0 aliphatic heterocycles. The van der Waals surface area contributed by atoms with Crippen LogP contribution >= 0.6 is 0 Å². The molecule has 0 saturated heterocycles. The standard InChI is InChI=1S/C16H30N2O3/c1-11(2)9-14(19)10-17-15(20)12(3)18-16(21)13-7-5-4-6-8-13/h11-14,19H,4-10H2,1-3H3,(H,17,20)(H,18,21). The third kappa shape index (κ3) is 6.93. The summed E-state index contributed by atoms with van der Waals surface area (Å²) < 4.78 is 0. The molecule has 0 radical (unpaired) electrons. The van der Waals surface area contributed by atoms with E-state index >= 15 is 0 Å². The maximum Gasteiger partial charge on any atom is 0.242 e. The number of rotatable bonds is 7. The van der Waals surface area contributed by atoms with E-state index in [1.54, 1.807) is 6.92 Å². The Kier molecular flexibility index (Phi) is 7.72. The van der Waals surface area contributed by atoms with E-state index in [1.165, 1.54) is 6.42 Å². The van der Waals surface area contributed by atoms with Crippen molar-refractivity contribution in [1.29, 1.82) is 0 Å². The second-order valence-corrected chi connectivity index (χ2v) is 6.59. The molecule has 1 fully saturated rings. The van der Waals surface area contributed by atoms with Gasteiger partial charge in [-0.3, -0.25) is 9.59 Å². The van der Waals surface area contributed by atoms with Crippen LogP contribution in [-0.4, -0.2) is 35.6 Å². The zero-order chi connectivity index (χ0) is 15.8. The number of aliphatic hydroxyl groups excluding tert-OH is 1. The summed E-state index contributed by atoms with van der Waals surface area (Å²) in [6.45, 7) is 5.97. The Morgan fingerprint density at radius 3 is 2.33 bits per heavy atom. The van der Waals surface area contributed by atoms with Gasteiger partial charge in [0.1, 0.15) is 6.04 Å². The summed E-state index contributed by atoms with van der Waals surface area (Å²) in [6, 6.07) is -0.550. The van der Waals surface area contributed by atoms with E-state index in [4.69, 9.17) is 0 Å². The van der Waals surface area contributed by atoms with E-state index in [9.17, 15) is 14.7 Å². The topological polar surface area (TPSA) is 78.4 Å². The van der Waals surface area contributed by atoms with Gasteiger partial charge in [0.05, 0.1) is 6.10 Å². The van der Waals surface area contributed by atoms with Crippen LogP contribution < -0.4 is 10.6 Å². The van der Waals surface area contributed by atoms with Gasteiger partial charge in [-0.25, -0.2) is 0 Å². The molecule has 2 atom stereocenters. The quantitative estimate of drug-likeness (QED) is 0.668. The van der Waals surface area contributed by atoms with E-state index in [0.717, 1.165) is 25.7 Å². The normalized spacial score (nSPS) is 19.1. The minimum Gasteiger partial charge on any atom is -0.391 e. The largest absolute Gasteiger partial charge is 0.391 e. The molecule has 1 rings (SSSR count). The number of hydrogen-bond acceptors (Lipinski definition) is 3. The highest BCUT2D eigenvalue weighted by Crippen LogP contribution is 2.23. The van der Waals surface area contributed by atoms with Gasteiger partial charge in [-0.15, -0.1) is 0 Å². The van der Waals surface area contributed by atoms with Crippen molar-refractivity contribution >= 4 is 11.8 Å². The Balaban J connectivity index is 2.28. The fraction of sp³-hybridized carbons (Fsp3) is 0.875. The highest BCUT2D eigenvalue weighted by molar-refractivity contribution is 5.88. The lowest BCUT2D eigenvalue weighted by molar-refractivity contribution is -0.131. The van der Waals surface area contributed by atoms with Gasteiger partial charge in [-0.2, -0.15) is 0 Å². The van der Waals surface area contributed by atoms with Crippen LogP contribution in [0, 0.1) is 11.8 Å². The molecular formula is C16H30N2O3. The molecule has 0 aromatic heterocycles. The van der Waals surface area contributed by atoms with Gasteiger partial charge in [0, 0.05) is 12.5 Å². The molecule has 0 bridgehead atoms. The van der Waals surface area contributed by atoms with Crippen molar-refractivity contribution in [2.24, 2.45) is 11.8 Å². The fourth-order valence-corrected chi connectivity index (χ4v) is 2.76. The van der Waals surface area contributed by atoms with Gasteiger partial charge in [-0.05, 0) is 32.1 Å². The molecule has 5 heteroatoms. The predicted molar refractivity (Wildman–Crippen MR) is 82.7 cm³/mol. The van der Waals surface area contributed by atoms with Crippen molar-refractivity contribution < 1.29 is 14.7 Å². The van der Waals surface area contributed by atoms with E-state index in [0.29, 0.717) is 12.3 Å². The van der Waals surface area contributed by atoms with Crippen molar-refractivity contribution in [3.8, 4) is 0 Å². The maximum atomic E-state index is 12.1. The van der Waals surface area contributed by atoms with Crippen molar-refractivity contribution in [2.75, 3.05) is 6.54 Å². The minimum absolute atomic E-state index is 0.0138. The highest BCUT2D eigenvalue weighted by atomic mass is 16.3. The van der Waals surface area contributed by atoms with E-state index in [1.807, 2.05) is 13.8 Å². The lowest BCUT2D eigenvalue weighted by Gasteiger charge is -2.23. The SMILES string of the molecule is CC(C)CC(O)CNC(=O)C(C)NC(=O)C1CCCCC1. The first-order chi connectivity index (χ1) is 9.90. The monoisotopic (exact) mass is 298 g/mol. The Labute approximate surface area is 127 Å². The summed E-state index contributed by atoms with van der Waals surface area (Å²) in [5.74, 6) is 0.197. The fourth-order valence-electron chi connectivity index (χ4n) is 2.76. The van der Waals surface area contributed by atoms with Gasteiger partial charge < -0.3 is 15.7 Å². The van der Waals surface area contributed by atoms with Crippen LogP contribution in [0.1, 0.15) is 59.3 Å². The third-order valence-electron chi connectivity index (χ3n) is 3.98. The van der Waals surface area contributed by atoms with Gasteiger partial charge in [-0.1, -0.05) is 33.1 Å². The molecule has 0 aromatic rings.